The largest absolute Gasteiger partial charge is 0.497 e. The first kappa shape index (κ1) is 13.8. The maximum absolute atomic E-state index is 5.41. The highest BCUT2D eigenvalue weighted by atomic mass is 16.5. The van der Waals surface area contributed by atoms with Crippen LogP contribution in [0.15, 0.2) is 78.9 Å². The van der Waals surface area contributed by atoms with E-state index in [1.807, 2.05) is 6.07 Å². The SMILES string of the molecule is COc1cccc(C2=C(c3ccccc3)c3ccccc3C2)c1. The fraction of sp³-hybridized carbons (Fsp3) is 0.0909. The molecule has 1 heteroatoms. The van der Waals surface area contributed by atoms with Gasteiger partial charge in [0.25, 0.3) is 0 Å². The lowest BCUT2D eigenvalue weighted by molar-refractivity contribution is 0.414. The highest BCUT2D eigenvalue weighted by Gasteiger charge is 2.23. The summed E-state index contributed by atoms with van der Waals surface area (Å²) in [6.45, 7) is 0. The molecule has 0 heterocycles. The molecule has 1 aliphatic carbocycles. The summed E-state index contributed by atoms with van der Waals surface area (Å²) in [6.07, 6.45) is 0.966. The summed E-state index contributed by atoms with van der Waals surface area (Å²) < 4.78 is 5.41. The highest BCUT2D eigenvalue weighted by molar-refractivity contribution is 6.03. The fourth-order valence-corrected chi connectivity index (χ4v) is 3.35. The maximum atomic E-state index is 5.41. The second-order valence-electron chi connectivity index (χ2n) is 5.79. The van der Waals surface area contributed by atoms with Crippen molar-refractivity contribution in [2.24, 2.45) is 0 Å². The zero-order chi connectivity index (χ0) is 15.6. The molecule has 0 aliphatic heterocycles. The summed E-state index contributed by atoms with van der Waals surface area (Å²) in [5.74, 6) is 0.901. The van der Waals surface area contributed by atoms with E-state index in [1.54, 1.807) is 7.11 Å². The first-order valence-corrected chi connectivity index (χ1v) is 7.88. The molecule has 112 valence electrons. The Kier molecular flexibility index (Phi) is 3.47. The molecule has 0 amide bonds. The average molecular weight is 298 g/mol. The predicted octanol–water partition coefficient (Wildman–Crippen LogP) is 5.21. The minimum Gasteiger partial charge on any atom is -0.497 e. The third-order valence-electron chi connectivity index (χ3n) is 4.44. The van der Waals surface area contributed by atoms with Crippen molar-refractivity contribution in [3.05, 3.63) is 101 Å². The molecule has 0 saturated carbocycles. The lowest BCUT2D eigenvalue weighted by atomic mass is 9.94. The van der Waals surface area contributed by atoms with E-state index in [1.165, 1.54) is 33.4 Å². The zero-order valence-electron chi connectivity index (χ0n) is 13.1. The highest BCUT2D eigenvalue weighted by Crippen LogP contribution is 2.42. The molecule has 0 aromatic heterocycles. The van der Waals surface area contributed by atoms with Gasteiger partial charge in [-0.1, -0.05) is 66.7 Å². The van der Waals surface area contributed by atoms with Gasteiger partial charge >= 0.3 is 0 Å². The number of ether oxygens (including phenoxy) is 1. The Labute approximate surface area is 136 Å². The molecule has 0 unspecified atom stereocenters. The van der Waals surface area contributed by atoms with E-state index < -0.39 is 0 Å². The summed E-state index contributed by atoms with van der Waals surface area (Å²) in [5.41, 5.74) is 7.96. The maximum Gasteiger partial charge on any atom is 0.119 e. The van der Waals surface area contributed by atoms with Gasteiger partial charge in [-0.25, -0.2) is 0 Å². The normalized spacial score (nSPS) is 13.1. The topological polar surface area (TPSA) is 9.23 Å². The van der Waals surface area contributed by atoms with Gasteiger partial charge in [0.2, 0.25) is 0 Å². The van der Waals surface area contributed by atoms with E-state index in [2.05, 4.69) is 72.8 Å². The molecular weight excluding hydrogens is 280 g/mol. The predicted molar refractivity (Wildman–Crippen MR) is 95.5 cm³/mol. The Hall–Kier alpha value is -2.80. The van der Waals surface area contributed by atoms with E-state index in [0.717, 1.165) is 12.2 Å². The first-order chi connectivity index (χ1) is 11.4. The van der Waals surface area contributed by atoms with Gasteiger partial charge in [0.05, 0.1) is 7.11 Å². The van der Waals surface area contributed by atoms with Crippen LogP contribution >= 0.6 is 0 Å². The van der Waals surface area contributed by atoms with Crippen molar-refractivity contribution in [3.8, 4) is 5.75 Å². The van der Waals surface area contributed by atoms with Crippen molar-refractivity contribution in [2.75, 3.05) is 7.11 Å². The van der Waals surface area contributed by atoms with Crippen LogP contribution in [0, 0.1) is 0 Å². The molecule has 0 radical (unpaired) electrons. The van der Waals surface area contributed by atoms with Gasteiger partial charge in [0.1, 0.15) is 5.75 Å². The van der Waals surface area contributed by atoms with Gasteiger partial charge in [0.15, 0.2) is 0 Å². The van der Waals surface area contributed by atoms with Gasteiger partial charge in [-0.05, 0) is 52.0 Å². The molecule has 3 aromatic rings. The smallest absolute Gasteiger partial charge is 0.119 e. The molecule has 23 heavy (non-hydrogen) atoms. The Morgan fingerprint density at radius 1 is 0.739 bits per heavy atom. The number of fused-ring (bicyclic) bond motifs is 1. The summed E-state index contributed by atoms with van der Waals surface area (Å²) in [6, 6.07) is 27.7. The second-order valence-corrected chi connectivity index (χ2v) is 5.79. The molecule has 3 aromatic carbocycles. The molecule has 0 saturated heterocycles. The molecular formula is C22H18O. The van der Waals surface area contributed by atoms with Crippen LogP contribution in [0.3, 0.4) is 0 Å². The van der Waals surface area contributed by atoms with Crippen LogP contribution in [-0.4, -0.2) is 7.11 Å². The van der Waals surface area contributed by atoms with Gasteiger partial charge in [-0.3, -0.25) is 0 Å². The van der Waals surface area contributed by atoms with Crippen molar-refractivity contribution in [1.82, 2.24) is 0 Å². The van der Waals surface area contributed by atoms with Gasteiger partial charge in [-0.2, -0.15) is 0 Å². The number of benzene rings is 3. The van der Waals surface area contributed by atoms with Crippen LogP contribution in [0.4, 0.5) is 0 Å². The lowest BCUT2D eigenvalue weighted by Crippen LogP contribution is -1.90. The van der Waals surface area contributed by atoms with E-state index in [-0.39, 0.29) is 0 Å². The number of hydrogen-bond donors (Lipinski definition) is 0. The van der Waals surface area contributed by atoms with E-state index >= 15 is 0 Å². The van der Waals surface area contributed by atoms with Gasteiger partial charge in [0, 0.05) is 0 Å². The Bertz CT molecular complexity index is 875. The minimum atomic E-state index is 0.901. The second kappa shape index (κ2) is 5.77. The Morgan fingerprint density at radius 3 is 2.30 bits per heavy atom. The number of hydrogen-bond acceptors (Lipinski definition) is 1. The third-order valence-corrected chi connectivity index (χ3v) is 4.44. The van der Waals surface area contributed by atoms with Gasteiger partial charge < -0.3 is 4.74 Å². The summed E-state index contributed by atoms with van der Waals surface area (Å²) in [4.78, 5) is 0. The molecule has 0 N–H and O–H groups in total. The number of rotatable bonds is 3. The first-order valence-electron chi connectivity index (χ1n) is 7.88. The minimum absolute atomic E-state index is 0.901. The summed E-state index contributed by atoms with van der Waals surface area (Å²) in [7, 11) is 1.72. The van der Waals surface area contributed by atoms with Crippen molar-refractivity contribution in [2.45, 2.75) is 6.42 Å². The molecule has 1 nitrogen and oxygen atoms in total. The lowest BCUT2D eigenvalue weighted by Gasteiger charge is -2.10. The summed E-state index contributed by atoms with van der Waals surface area (Å²) in [5, 5.41) is 0. The number of allylic oxidation sites excluding steroid dienone is 1. The molecule has 4 rings (SSSR count). The number of methoxy groups -OCH3 is 1. The Balaban J connectivity index is 1.94. The van der Waals surface area contributed by atoms with Crippen LogP contribution < -0.4 is 4.74 Å². The summed E-state index contributed by atoms with van der Waals surface area (Å²) >= 11 is 0. The molecule has 1 aliphatic rings. The van der Waals surface area contributed by atoms with Crippen LogP contribution in [0.2, 0.25) is 0 Å². The quantitative estimate of drug-likeness (QED) is 0.645. The van der Waals surface area contributed by atoms with E-state index in [4.69, 9.17) is 4.74 Å². The standard InChI is InChI=1S/C22H18O/c1-23-19-12-7-11-17(14-19)21-15-18-10-5-6-13-20(18)22(21)16-8-3-2-4-9-16/h2-14H,15H2,1H3. The molecule has 0 bridgehead atoms. The van der Waals surface area contributed by atoms with Crippen molar-refractivity contribution >= 4 is 11.1 Å². The molecule has 0 fully saturated rings. The molecule has 0 spiro atoms. The molecule has 0 atom stereocenters. The van der Waals surface area contributed by atoms with Gasteiger partial charge in [-0.15, -0.1) is 0 Å². The van der Waals surface area contributed by atoms with Crippen LogP contribution in [0.5, 0.6) is 5.75 Å². The van der Waals surface area contributed by atoms with Crippen LogP contribution in [0.25, 0.3) is 11.1 Å². The van der Waals surface area contributed by atoms with E-state index in [0.29, 0.717) is 0 Å². The van der Waals surface area contributed by atoms with E-state index in [9.17, 15) is 0 Å². The van der Waals surface area contributed by atoms with Crippen molar-refractivity contribution in [1.29, 1.82) is 0 Å². The van der Waals surface area contributed by atoms with Crippen LogP contribution in [-0.2, 0) is 6.42 Å². The van der Waals surface area contributed by atoms with Crippen molar-refractivity contribution in [3.63, 3.8) is 0 Å². The van der Waals surface area contributed by atoms with Crippen LogP contribution in [0.1, 0.15) is 22.3 Å². The third kappa shape index (κ3) is 2.44. The zero-order valence-corrected chi connectivity index (χ0v) is 13.1. The monoisotopic (exact) mass is 298 g/mol. The van der Waals surface area contributed by atoms with Crippen molar-refractivity contribution < 1.29 is 4.74 Å². The average Bonchev–Trinajstić information content (AvgIpc) is 3.02. The fourth-order valence-electron chi connectivity index (χ4n) is 3.35. The Morgan fingerprint density at radius 2 is 1.48 bits per heavy atom.